The highest BCUT2D eigenvalue weighted by molar-refractivity contribution is 8.00. The van der Waals surface area contributed by atoms with Crippen LogP contribution >= 0.6 is 11.8 Å². The minimum absolute atomic E-state index is 0.160. The van der Waals surface area contributed by atoms with Gasteiger partial charge in [-0.15, -0.1) is 11.8 Å². The Balaban J connectivity index is 1.32. The van der Waals surface area contributed by atoms with Crippen molar-refractivity contribution in [1.82, 2.24) is 21.3 Å². The van der Waals surface area contributed by atoms with E-state index in [1.807, 2.05) is 82.3 Å². The summed E-state index contributed by atoms with van der Waals surface area (Å²) in [6.45, 7) is 7.90. The van der Waals surface area contributed by atoms with Gasteiger partial charge in [0.25, 0.3) is 0 Å². The summed E-state index contributed by atoms with van der Waals surface area (Å²) in [5.41, 5.74) is 3.07. The average molecular weight is 823 g/mol. The second-order valence-corrected chi connectivity index (χ2v) is 18.4. The number of rotatable bonds is 18. The fourth-order valence-corrected chi connectivity index (χ4v) is 10.8. The Hall–Kier alpha value is -4.15. The van der Waals surface area contributed by atoms with Crippen molar-refractivity contribution in [3.63, 3.8) is 0 Å². The lowest BCUT2D eigenvalue weighted by molar-refractivity contribution is -0.156. The van der Waals surface area contributed by atoms with Crippen molar-refractivity contribution in [2.24, 2.45) is 17.8 Å². The van der Waals surface area contributed by atoms with Gasteiger partial charge in [-0.1, -0.05) is 151 Å². The number of ether oxygens (including phenoxy) is 1. The number of thioether (sulfide) groups is 1. The van der Waals surface area contributed by atoms with Gasteiger partial charge in [0.05, 0.1) is 10.8 Å². The maximum Gasteiger partial charge on any atom is 0.329 e. The zero-order valence-electron chi connectivity index (χ0n) is 35.5. The maximum absolute atomic E-state index is 14.8. The van der Waals surface area contributed by atoms with Crippen LogP contribution in [0.4, 0.5) is 0 Å². The Kier molecular flexibility index (Phi) is 16.1. The first-order valence-corrected chi connectivity index (χ1v) is 23.3. The maximum atomic E-state index is 14.8. The van der Waals surface area contributed by atoms with Gasteiger partial charge in [-0.2, -0.15) is 0 Å². The molecule has 4 N–H and O–H groups in total. The van der Waals surface area contributed by atoms with Gasteiger partial charge in [-0.25, -0.2) is 4.79 Å². The van der Waals surface area contributed by atoms with Crippen molar-refractivity contribution in [3.8, 4) is 0 Å². The predicted molar refractivity (Wildman–Crippen MR) is 237 cm³/mol. The molecule has 3 aliphatic rings. The quantitative estimate of drug-likeness (QED) is 0.0756. The van der Waals surface area contributed by atoms with E-state index < -0.39 is 40.7 Å². The summed E-state index contributed by atoms with van der Waals surface area (Å²) in [5.74, 6) is -1.25. The first kappa shape index (κ1) is 44.4. The van der Waals surface area contributed by atoms with Crippen LogP contribution in [-0.4, -0.2) is 65.8 Å². The van der Waals surface area contributed by atoms with Crippen molar-refractivity contribution in [1.29, 1.82) is 0 Å². The lowest BCUT2D eigenvalue weighted by Crippen LogP contribution is -2.60. The second kappa shape index (κ2) is 21.4. The van der Waals surface area contributed by atoms with Crippen LogP contribution in [0.2, 0.25) is 0 Å². The van der Waals surface area contributed by atoms with Crippen LogP contribution in [0.3, 0.4) is 0 Å². The molecule has 8 atom stereocenters. The summed E-state index contributed by atoms with van der Waals surface area (Å²) in [5, 5.41) is 12.9. The molecule has 3 aromatic rings. The van der Waals surface area contributed by atoms with Crippen LogP contribution in [0.25, 0.3) is 0 Å². The van der Waals surface area contributed by atoms with Crippen LogP contribution in [0, 0.1) is 17.8 Å². The molecule has 1 heterocycles. The molecule has 3 aromatic carbocycles. The monoisotopic (exact) mass is 822 g/mol. The molecule has 10 heteroatoms. The summed E-state index contributed by atoms with van der Waals surface area (Å²) in [7, 11) is 0. The van der Waals surface area contributed by atoms with Gasteiger partial charge in [0.15, 0.2) is 0 Å². The van der Waals surface area contributed by atoms with Gasteiger partial charge in [0, 0.05) is 11.8 Å². The molecule has 0 aromatic heterocycles. The van der Waals surface area contributed by atoms with Gasteiger partial charge in [0.2, 0.25) is 17.7 Å². The van der Waals surface area contributed by atoms with E-state index in [0.29, 0.717) is 24.8 Å². The van der Waals surface area contributed by atoms with Crippen LogP contribution in [-0.2, 0) is 28.7 Å². The second-order valence-electron chi connectivity index (χ2n) is 17.2. The number of hydrogen-bond acceptors (Lipinski definition) is 7. The number of carbonyl (C=O) groups excluding carboxylic acids is 4. The van der Waals surface area contributed by atoms with Gasteiger partial charge in [0.1, 0.15) is 24.2 Å². The smallest absolute Gasteiger partial charge is 0.329 e. The van der Waals surface area contributed by atoms with Crippen LogP contribution < -0.4 is 21.3 Å². The molecule has 3 amide bonds. The first-order chi connectivity index (χ1) is 28.6. The summed E-state index contributed by atoms with van der Waals surface area (Å²) >= 11 is 1.57. The van der Waals surface area contributed by atoms with E-state index in [2.05, 4.69) is 57.7 Å². The number of hydrogen-bond donors (Lipinski definition) is 4. The molecule has 3 fully saturated rings. The zero-order valence-corrected chi connectivity index (χ0v) is 36.3. The number of esters is 1. The molecule has 0 spiro atoms. The van der Waals surface area contributed by atoms with E-state index in [1.54, 1.807) is 11.8 Å². The molecule has 1 saturated heterocycles. The van der Waals surface area contributed by atoms with E-state index in [0.717, 1.165) is 74.5 Å². The highest BCUT2D eigenvalue weighted by Crippen LogP contribution is 2.48. The van der Waals surface area contributed by atoms with Gasteiger partial charge in [-0.3, -0.25) is 14.4 Å². The molecule has 6 rings (SSSR count). The third-order valence-electron chi connectivity index (χ3n) is 13.2. The molecule has 59 heavy (non-hydrogen) atoms. The molecular formula is C49H66N4O5S. The van der Waals surface area contributed by atoms with E-state index in [-0.39, 0.29) is 35.6 Å². The van der Waals surface area contributed by atoms with Crippen molar-refractivity contribution in [2.45, 2.75) is 146 Å². The molecule has 2 saturated carbocycles. The summed E-state index contributed by atoms with van der Waals surface area (Å²) < 4.78 is 5.27. The lowest BCUT2D eigenvalue weighted by atomic mass is 9.84. The fraction of sp³-hybridized carbons (Fsp3) is 0.551. The molecule has 318 valence electrons. The minimum Gasteiger partial charge on any atom is -0.461 e. The Morgan fingerprint density at radius 2 is 1.20 bits per heavy atom. The summed E-state index contributed by atoms with van der Waals surface area (Å²) in [6, 6.07) is 27.9. The van der Waals surface area contributed by atoms with E-state index >= 15 is 0 Å². The molecule has 0 bridgehead atoms. The normalized spacial score (nSPS) is 22.1. The van der Waals surface area contributed by atoms with Gasteiger partial charge < -0.3 is 26.0 Å². The Labute approximate surface area is 356 Å². The Morgan fingerprint density at radius 1 is 0.678 bits per heavy atom. The van der Waals surface area contributed by atoms with Gasteiger partial charge >= 0.3 is 5.97 Å². The van der Waals surface area contributed by atoms with Crippen molar-refractivity contribution in [3.05, 3.63) is 108 Å². The third-order valence-corrected chi connectivity index (χ3v) is 14.9. The predicted octanol–water partition coefficient (Wildman–Crippen LogP) is 8.05. The zero-order chi connectivity index (χ0) is 41.8. The molecule has 1 aliphatic heterocycles. The van der Waals surface area contributed by atoms with E-state index in [9.17, 15) is 19.2 Å². The van der Waals surface area contributed by atoms with Crippen molar-refractivity contribution < 1.29 is 23.9 Å². The third kappa shape index (κ3) is 11.0. The fourth-order valence-electron chi connectivity index (χ4n) is 9.24. The Morgan fingerprint density at radius 3 is 1.75 bits per heavy atom. The number of amides is 3. The van der Waals surface area contributed by atoms with Crippen molar-refractivity contribution >= 4 is 35.5 Å². The number of nitrogens with one attached hydrogen (secondary N) is 4. The topological polar surface area (TPSA) is 126 Å². The number of carbonyl (C=O) groups is 4. The molecule has 0 unspecified atom stereocenters. The van der Waals surface area contributed by atoms with Gasteiger partial charge in [-0.05, 0) is 79.4 Å². The number of fused-ring (bicyclic) bond motifs is 1. The first-order valence-electron chi connectivity index (χ1n) is 22.3. The molecular weight excluding hydrogens is 757 g/mol. The summed E-state index contributed by atoms with van der Waals surface area (Å²) in [6.07, 6.45) is 11.2. The van der Waals surface area contributed by atoms with Crippen molar-refractivity contribution in [2.75, 3.05) is 5.75 Å². The Bertz CT molecular complexity index is 1700. The SMILES string of the molecule is CC[C@H](C)[C@H](NC(=O)[C@@H]1C[C@@H]2CCCC[C@@H]2N1)C(=O)N[C@@H](CSC(c1ccccc1)(c1ccccc1)c1ccccc1)C(=O)N[C@H](C(=O)OC1CCCCC1)[C@@H](C)CC. The largest absolute Gasteiger partial charge is 0.461 e. The molecule has 9 nitrogen and oxygen atoms in total. The average Bonchev–Trinajstić information content (AvgIpc) is 3.73. The summed E-state index contributed by atoms with van der Waals surface area (Å²) in [4.78, 5) is 57.2. The lowest BCUT2D eigenvalue weighted by Gasteiger charge is -2.37. The minimum atomic E-state index is -1.06. The van der Waals surface area contributed by atoms with E-state index in [1.165, 1.54) is 6.42 Å². The van der Waals surface area contributed by atoms with Crippen LogP contribution in [0.15, 0.2) is 91.0 Å². The van der Waals surface area contributed by atoms with Crippen LogP contribution in [0.1, 0.15) is 121 Å². The molecule has 2 aliphatic carbocycles. The van der Waals surface area contributed by atoms with Crippen LogP contribution in [0.5, 0.6) is 0 Å². The number of benzene rings is 3. The standard InChI is InChI=1S/C49H66N4O5S/c1-5-33(3)43(52-45(54)41-31-35-21-19-20-30-40(35)50-41)47(56)51-42(46(55)53-44(34(4)6-2)48(57)58-39-28-17-10-18-29-39)32-59-49(36-22-11-7-12-23-36,37-24-13-8-14-25-37)38-26-15-9-16-27-38/h7-9,11-16,22-27,33-35,39-44,50H,5-6,10,17-21,28-32H2,1-4H3,(H,51,56)(H,52,54)(H,53,55)/t33-,34-,35-,40-,41-,42-,43-,44-/m0/s1. The molecule has 0 radical (unpaired) electrons. The highest BCUT2D eigenvalue weighted by Gasteiger charge is 2.42. The van der Waals surface area contributed by atoms with E-state index in [4.69, 9.17) is 4.74 Å². The highest BCUT2D eigenvalue weighted by atomic mass is 32.2.